The molecule has 0 aromatic carbocycles. The number of hydrogen-bond acceptors (Lipinski definition) is 7. The molecule has 4 aliphatic carbocycles. The number of rotatable bonds is 9. The van der Waals surface area contributed by atoms with Crippen LogP contribution in [0.4, 0.5) is 0 Å². The van der Waals surface area contributed by atoms with E-state index in [0.29, 0.717) is 17.6 Å². The minimum absolute atomic E-state index is 0.0436. The van der Waals surface area contributed by atoms with Gasteiger partial charge in [-0.15, -0.1) is 0 Å². The average Bonchev–Trinajstić information content (AvgIpc) is 3.38. The van der Waals surface area contributed by atoms with Gasteiger partial charge in [0.2, 0.25) is 0 Å². The molecule has 0 heterocycles. The fraction of sp³-hybridized carbons (Fsp3) is 0.656. The van der Waals surface area contributed by atoms with Crippen LogP contribution in [-0.2, 0) is 23.9 Å². The van der Waals surface area contributed by atoms with Crippen LogP contribution in [0.2, 0.25) is 0 Å². The number of Topliss-reactive ketones (excluding diaryl/α,β-unsaturated/α-hetero) is 1. The van der Waals surface area contributed by atoms with Gasteiger partial charge in [-0.2, -0.15) is 0 Å². The maximum absolute atomic E-state index is 14.5. The quantitative estimate of drug-likeness (QED) is 0.144. The van der Waals surface area contributed by atoms with E-state index in [2.05, 4.69) is 20.8 Å². The van der Waals surface area contributed by atoms with Crippen LogP contribution in [0.25, 0.3) is 0 Å². The molecule has 8 atom stereocenters. The van der Waals surface area contributed by atoms with Crippen LogP contribution in [0.1, 0.15) is 73.6 Å². The number of allylic oxidation sites excluding steroid dienone is 4. The van der Waals surface area contributed by atoms with Crippen LogP contribution in [-0.4, -0.2) is 52.4 Å². The second-order valence-corrected chi connectivity index (χ2v) is 12.6. The van der Waals surface area contributed by atoms with E-state index in [1.54, 1.807) is 31.2 Å². The van der Waals surface area contributed by atoms with E-state index < -0.39 is 41.1 Å². The third-order valence-corrected chi connectivity index (χ3v) is 9.85. The highest BCUT2D eigenvalue weighted by Gasteiger charge is 2.76. The predicted molar refractivity (Wildman–Crippen MR) is 147 cm³/mol. The molecule has 0 saturated heterocycles. The van der Waals surface area contributed by atoms with Crippen LogP contribution in [0.3, 0.4) is 0 Å². The van der Waals surface area contributed by atoms with Crippen molar-refractivity contribution < 1.29 is 34.1 Å². The number of esters is 2. The molecule has 0 radical (unpaired) electrons. The van der Waals surface area contributed by atoms with Crippen LogP contribution in [0, 0.1) is 34.5 Å². The number of ether oxygens (including phenoxy) is 2. The third-order valence-electron chi connectivity index (χ3n) is 9.85. The number of carbonyl (C=O) groups is 3. The molecule has 2 fully saturated rings. The van der Waals surface area contributed by atoms with Crippen molar-refractivity contribution in [2.45, 2.75) is 91.5 Å². The second-order valence-electron chi connectivity index (χ2n) is 12.6. The van der Waals surface area contributed by atoms with Gasteiger partial charge in [-0.25, -0.2) is 4.79 Å². The zero-order valence-corrected chi connectivity index (χ0v) is 24.1. The van der Waals surface area contributed by atoms with Gasteiger partial charge in [0.25, 0.3) is 0 Å². The van der Waals surface area contributed by atoms with Crippen molar-refractivity contribution in [1.82, 2.24) is 0 Å². The van der Waals surface area contributed by atoms with Gasteiger partial charge in [0, 0.05) is 24.5 Å². The first kappa shape index (κ1) is 29.5. The molecule has 0 aromatic rings. The summed E-state index contributed by atoms with van der Waals surface area (Å²) in [6, 6.07) is 0. The molecule has 214 valence electrons. The Morgan fingerprint density at radius 1 is 1.21 bits per heavy atom. The van der Waals surface area contributed by atoms with E-state index in [0.717, 1.165) is 25.7 Å². The molecule has 39 heavy (non-hydrogen) atoms. The smallest absolute Gasteiger partial charge is 0.331 e. The Labute approximate surface area is 232 Å². The van der Waals surface area contributed by atoms with Gasteiger partial charge in [-0.05, 0) is 54.9 Å². The number of carbonyl (C=O) groups excluding carboxylic acids is 3. The topological polar surface area (TPSA) is 110 Å². The average molecular weight is 541 g/mol. The van der Waals surface area contributed by atoms with Crippen molar-refractivity contribution in [3.05, 3.63) is 47.6 Å². The zero-order chi connectivity index (χ0) is 28.8. The van der Waals surface area contributed by atoms with Gasteiger partial charge < -0.3 is 19.7 Å². The summed E-state index contributed by atoms with van der Waals surface area (Å²) >= 11 is 0. The number of hydrogen-bond donors (Lipinski definition) is 2. The monoisotopic (exact) mass is 540 g/mol. The lowest BCUT2D eigenvalue weighted by Crippen LogP contribution is -2.66. The lowest BCUT2D eigenvalue weighted by Gasteiger charge is -2.49. The molecule has 4 rings (SSSR count). The van der Waals surface area contributed by atoms with Crippen molar-refractivity contribution in [2.75, 3.05) is 6.61 Å². The zero-order valence-electron chi connectivity index (χ0n) is 24.1. The summed E-state index contributed by atoms with van der Waals surface area (Å²) in [5.74, 6) is -1.98. The van der Waals surface area contributed by atoms with Gasteiger partial charge >= 0.3 is 11.9 Å². The van der Waals surface area contributed by atoms with Gasteiger partial charge in [-0.3, -0.25) is 9.59 Å². The van der Waals surface area contributed by atoms with Crippen molar-refractivity contribution in [1.29, 1.82) is 0 Å². The summed E-state index contributed by atoms with van der Waals surface area (Å²) in [6.45, 7) is 11.1. The molecule has 7 nitrogen and oxygen atoms in total. The molecule has 4 aliphatic rings. The van der Waals surface area contributed by atoms with Crippen LogP contribution in [0.15, 0.2) is 47.6 Å². The van der Waals surface area contributed by atoms with E-state index in [4.69, 9.17) is 9.47 Å². The summed E-state index contributed by atoms with van der Waals surface area (Å²) in [7, 11) is 0. The fourth-order valence-electron chi connectivity index (χ4n) is 7.72. The highest BCUT2D eigenvalue weighted by atomic mass is 16.6. The lowest BCUT2D eigenvalue weighted by molar-refractivity contribution is -0.202. The van der Waals surface area contributed by atoms with Crippen LogP contribution >= 0.6 is 0 Å². The van der Waals surface area contributed by atoms with Crippen LogP contribution < -0.4 is 0 Å². The summed E-state index contributed by atoms with van der Waals surface area (Å²) in [5.41, 5.74) is -2.88. The van der Waals surface area contributed by atoms with Gasteiger partial charge in [0.1, 0.15) is 12.7 Å². The number of fused-ring (bicyclic) bond motifs is 3. The predicted octanol–water partition coefficient (Wildman–Crippen LogP) is 4.63. The normalized spacial score (nSPS) is 38.4. The molecule has 0 unspecified atom stereocenters. The Bertz CT molecular complexity index is 1130. The first-order chi connectivity index (χ1) is 18.3. The Hall–Kier alpha value is -2.51. The second kappa shape index (κ2) is 10.8. The maximum atomic E-state index is 14.5. The van der Waals surface area contributed by atoms with E-state index in [1.165, 1.54) is 13.0 Å². The van der Waals surface area contributed by atoms with E-state index in [1.807, 2.05) is 13.0 Å². The molecule has 0 amide bonds. The largest absolute Gasteiger partial charge is 0.461 e. The molecule has 0 aromatic heterocycles. The third kappa shape index (κ3) is 4.76. The van der Waals surface area contributed by atoms with Crippen LogP contribution in [0.5, 0.6) is 0 Å². The van der Waals surface area contributed by atoms with E-state index in [9.17, 15) is 24.6 Å². The molecular formula is C32H44O7. The molecule has 7 heteroatoms. The highest BCUT2D eigenvalue weighted by Crippen LogP contribution is 2.71. The minimum Gasteiger partial charge on any atom is -0.461 e. The SMILES string of the molecule is CCCCC/C=C/C=C/C(=O)O[C@@H]1C(COC(C)=O)=C[C@@H]2C(=O)[C@]3(C=C(C)[C@H](O)[C@@]13O)[C@H](C)C[C@@H]1[C@H]2C1(C)C. The summed E-state index contributed by atoms with van der Waals surface area (Å²) < 4.78 is 11.3. The maximum Gasteiger partial charge on any atom is 0.331 e. The first-order valence-electron chi connectivity index (χ1n) is 14.4. The molecular weight excluding hydrogens is 496 g/mol. The summed E-state index contributed by atoms with van der Waals surface area (Å²) in [4.78, 5) is 39.4. The molecule has 1 spiro atoms. The Kier molecular flexibility index (Phi) is 8.17. The Morgan fingerprint density at radius 3 is 2.59 bits per heavy atom. The lowest BCUT2D eigenvalue weighted by atomic mass is 9.59. The van der Waals surface area contributed by atoms with E-state index in [-0.39, 0.29) is 35.6 Å². The number of unbranched alkanes of at least 4 members (excludes halogenated alkanes) is 3. The van der Waals surface area contributed by atoms with Gasteiger partial charge in [-0.1, -0.05) is 70.9 Å². The first-order valence-corrected chi connectivity index (χ1v) is 14.4. The Morgan fingerprint density at radius 2 is 1.92 bits per heavy atom. The minimum atomic E-state index is -2.14. The fourth-order valence-corrected chi connectivity index (χ4v) is 7.72. The standard InChI is InChI=1S/C32H44O7/c1-7-8-9-10-11-12-13-14-25(34)39-29-22(18-38-21(4)33)16-23-26-24(30(26,5)6)15-20(3)31(28(23)36)17-19(2)27(35)32(29,31)37/h11-14,16-17,20,23-24,26-27,29,35,37H,7-10,15,18H2,1-6H3/b12-11+,14-13+/t20-,23+,24-,26+,27+,29-,31+,32-/m1/s1. The summed E-state index contributed by atoms with van der Waals surface area (Å²) in [5, 5.41) is 24.0. The highest BCUT2D eigenvalue weighted by molar-refractivity contribution is 5.95. The van der Waals surface area contributed by atoms with Gasteiger partial charge in [0.15, 0.2) is 17.5 Å². The Balaban J connectivity index is 1.76. The number of aliphatic hydroxyl groups is 2. The molecule has 2 bridgehead atoms. The molecule has 2 N–H and O–H groups in total. The molecule has 2 saturated carbocycles. The van der Waals surface area contributed by atoms with E-state index >= 15 is 0 Å². The van der Waals surface area contributed by atoms with Crippen molar-refractivity contribution >= 4 is 17.7 Å². The molecule has 0 aliphatic heterocycles. The van der Waals surface area contributed by atoms with Crippen molar-refractivity contribution in [3.63, 3.8) is 0 Å². The van der Waals surface area contributed by atoms with Gasteiger partial charge in [0.05, 0.1) is 5.41 Å². The van der Waals surface area contributed by atoms with Crippen molar-refractivity contribution in [2.24, 2.45) is 34.5 Å². The number of ketones is 1. The summed E-state index contributed by atoms with van der Waals surface area (Å²) in [6.07, 6.45) is 12.2. The van der Waals surface area contributed by atoms with Crippen molar-refractivity contribution in [3.8, 4) is 0 Å². The number of aliphatic hydroxyl groups excluding tert-OH is 1.